The van der Waals surface area contributed by atoms with Crippen LogP contribution in [0.1, 0.15) is 17.5 Å². The Kier molecular flexibility index (Phi) is 5.11. The van der Waals surface area contributed by atoms with Crippen molar-refractivity contribution in [3.05, 3.63) is 54.0 Å². The van der Waals surface area contributed by atoms with Gasteiger partial charge in [0.15, 0.2) is 0 Å². The summed E-state index contributed by atoms with van der Waals surface area (Å²) in [5, 5.41) is 2.92. The second-order valence-electron chi connectivity index (χ2n) is 7.33. The first-order valence-electron chi connectivity index (χ1n) is 9.41. The minimum Gasteiger partial charge on any atom is -0.445 e. The summed E-state index contributed by atoms with van der Waals surface area (Å²) in [7, 11) is 0. The number of fused-ring (bicyclic) bond motifs is 1. The number of halogens is 2. The van der Waals surface area contributed by atoms with E-state index < -0.39 is 24.5 Å². The molecular weight excluding hydrogens is 366 g/mol. The molecule has 0 saturated carbocycles. The average molecular weight is 388 g/mol. The summed E-state index contributed by atoms with van der Waals surface area (Å²) in [5.41, 5.74) is 2.31. The van der Waals surface area contributed by atoms with Crippen molar-refractivity contribution in [3.63, 3.8) is 0 Å². The minimum atomic E-state index is -2.99. The Labute approximate surface area is 161 Å². The summed E-state index contributed by atoms with van der Waals surface area (Å²) in [6, 6.07) is 9.54. The van der Waals surface area contributed by atoms with E-state index in [1.54, 1.807) is 12.3 Å². The van der Waals surface area contributed by atoms with Gasteiger partial charge in [0.1, 0.15) is 18.2 Å². The topological polar surface area (TPSA) is 67.3 Å². The highest BCUT2D eigenvalue weighted by Gasteiger charge is 2.46. The SMILES string of the molecule is O=C(OC1Cc2ccccc2C1)N1CC[C@H](CNc2ccncn2)C(F)(F)C1. The van der Waals surface area contributed by atoms with Crippen molar-refractivity contribution < 1.29 is 18.3 Å². The summed E-state index contributed by atoms with van der Waals surface area (Å²) >= 11 is 0. The van der Waals surface area contributed by atoms with Gasteiger partial charge in [-0.05, 0) is 23.6 Å². The Balaban J connectivity index is 1.30. The van der Waals surface area contributed by atoms with Crippen molar-refractivity contribution in [2.45, 2.75) is 31.3 Å². The summed E-state index contributed by atoms with van der Waals surface area (Å²) in [5.74, 6) is -3.36. The number of aromatic nitrogens is 2. The number of ether oxygens (including phenoxy) is 1. The molecule has 1 saturated heterocycles. The van der Waals surface area contributed by atoms with Crippen LogP contribution in [0.15, 0.2) is 42.9 Å². The fourth-order valence-corrected chi connectivity index (χ4v) is 3.83. The first kappa shape index (κ1) is 18.6. The zero-order valence-electron chi connectivity index (χ0n) is 15.4. The third kappa shape index (κ3) is 4.05. The number of carbonyl (C=O) groups is 1. The van der Waals surface area contributed by atoms with Gasteiger partial charge in [-0.3, -0.25) is 0 Å². The molecule has 0 radical (unpaired) electrons. The van der Waals surface area contributed by atoms with Crippen LogP contribution in [0.25, 0.3) is 0 Å². The normalized spacial score (nSPS) is 21.2. The number of anilines is 1. The van der Waals surface area contributed by atoms with E-state index in [0.717, 1.165) is 16.0 Å². The van der Waals surface area contributed by atoms with Gasteiger partial charge in [0.25, 0.3) is 5.92 Å². The van der Waals surface area contributed by atoms with Crippen LogP contribution < -0.4 is 5.32 Å². The van der Waals surface area contributed by atoms with Crippen molar-refractivity contribution in [2.24, 2.45) is 5.92 Å². The smallest absolute Gasteiger partial charge is 0.410 e. The Morgan fingerprint density at radius 1 is 1.25 bits per heavy atom. The van der Waals surface area contributed by atoms with Crippen LogP contribution >= 0.6 is 0 Å². The maximum Gasteiger partial charge on any atom is 0.410 e. The Hall–Kier alpha value is -2.77. The van der Waals surface area contributed by atoms with Crippen LogP contribution in [0.4, 0.5) is 19.4 Å². The van der Waals surface area contributed by atoms with Crippen molar-refractivity contribution in [2.75, 3.05) is 25.0 Å². The standard InChI is InChI=1S/C20H22F2N4O2/c21-20(22)12-26(8-6-16(20)11-24-18-5-7-23-13-25-18)19(27)28-17-9-14-3-1-2-4-15(14)10-17/h1-5,7,13,16-17H,6,8-12H2,(H,23,24,25)/t16-/m1/s1. The fraction of sp³-hybridized carbons (Fsp3) is 0.450. The third-order valence-corrected chi connectivity index (χ3v) is 5.40. The number of carbonyl (C=O) groups excluding carboxylic acids is 1. The van der Waals surface area contributed by atoms with Crippen LogP contribution in [0.2, 0.25) is 0 Å². The molecule has 0 unspecified atom stereocenters. The van der Waals surface area contributed by atoms with Gasteiger partial charge in [0.2, 0.25) is 0 Å². The maximum atomic E-state index is 14.6. The van der Waals surface area contributed by atoms with Gasteiger partial charge in [0.05, 0.1) is 6.54 Å². The lowest BCUT2D eigenvalue weighted by Gasteiger charge is -2.38. The predicted octanol–water partition coefficient (Wildman–Crippen LogP) is 3.15. The second-order valence-corrected chi connectivity index (χ2v) is 7.33. The van der Waals surface area contributed by atoms with Crippen LogP contribution in [0.3, 0.4) is 0 Å². The monoisotopic (exact) mass is 388 g/mol. The molecule has 2 heterocycles. The summed E-state index contributed by atoms with van der Waals surface area (Å²) in [6.07, 6.45) is 3.45. The molecule has 1 aromatic carbocycles. The molecule has 1 aliphatic heterocycles. The van der Waals surface area contributed by atoms with E-state index in [0.29, 0.717) is 18.7 Å². The van der Waals surface area contributed by atoms with E-state index in [2.05, 4.69) is 15.3 Å². The van der Waals surface area contributed by atoms with Gasteiger partial charge in [-0.15, -0.1) is 0 Å². The van der Waals surface area contributed by atoms with E-state index in [-0.39, 0.29) is 25.6 Å². The number of benzene rings is 1. The van der Waals surface area contributed by atoms with Crippen molar-refractivity contribution >= 4 is 11.9 Å². The molecule has 0 bridgehead atoms. The lowest BCUT2D eigenvalue weighted by molar-refractivity contribution is -0.103. The Bertz CT molecular complexity index is 809. The molecule has 1 fully saturated rings. The van der Waals surface area contributed by atoms with Gasteiger partial charge >= 0.3 is 6.09 Å². The van der Waals surface area contributed by atoms with Crippen molar-refractivity contribution in [3.8, 4) is 0 Å². The fourth-order valence-electron chi connectivity index (χ4n) is 3.83. The summed E-state index contributed by atoms with van der Waals surface area (Å²) in [4.78, 5) is 21.3. The van der Waals surface area contributed by atoms with E-state index in [1.165, 1.54) is 6.33 Å². The van der Waals surface area contributed by atoms with Gasteiger partial charge in [0, 0.05) is 38.0 Å². The second kappa shape index (κ2) is 7.69. The molecule has 1 N–H and O–H groups in total. The van der Waals surface area contributed by atoms with Crippen LogP contribution in [-0.4, -0.2) is 52.6 Å². The first-order chi connectivity index (χ1) is 13.5. The molecule has 0 spiro atoms. The van der Waals surface area contributed by atoms with Crippen LogP contribution in [-0.2, 0) is 17.6 Å². The molecule has 2 aromatic rings. The number of hydrogen-bond acceptors (Lipinski definition) is 5. The number of hydrogen-bond donors (Lipinski definition) is 1. The van der Waals surface area contributed by atoms with Gasteiger partial charge < -0.3 is 15.0 Å². The third-order valence-electron chi connectivity index (χ3n) is 5.40. The molecular formula is C20H22F2N4O2. The highest BCUT2D eigenvalue weighted by molar-refractivity contribution is 5.68. The molecule has 1 aliphatic carbocycles. The highest BCUT2D eigenvalue weighted by atomic mass is 19.3. The molecule has 148 valence electrons. The maximum absolute atomic E-state index is 14.6. The molecule has 2 aliphatic rings. The lowest BCUT2D eigenvalue weighted by Crippen LogP contribution is -2.53. The number of likely N-dealkylation sites (tertiary alicyclic amines) is 1. The van der Waals surface area contributed by atoms with E-state index in [9.17, 15) is 13.6 Å². The van der Waals surface area contributed by atoms with Crippen LogP contribution in [0, 0.1) is 5.92 Å². The summed E-state index contributed by atoms with van der Waals surface area (Å²) in [6.45, 7) is -0.281. The van der Waals surface area contributed by atoms with Crippen LogP contribution in [0.5, 0.6) is 0 Å². The predicted molar refractivity (Wildman–Crippen MR) is 99.3 cm³/mol. The van der Waals surface area contributed by atoms with E-state index >= 15 is 0 Å². The Morgan fingerprint density at radius 2 is 2.00 bits per heavy atom. The molecule has 1 amide bonds. The number of rotatable bonds is 4. The van der Waals surface area contributed by atoms with Gasteiger partial charge in [-0.1, -0.05) is 24.3 Å². The number of nitrogens with zero attached hydrogens (tertiary/aromatic N) is 3. The zero-order chi connectivity index (χ0) is 19.6. The number of amides is 1. The average Bonchev–Trinajstić information content (AvgIpc) is 3.09. The largest absolute Gasteiger partial charge is 0.445 e. The summed E-state index contributed by atoms with van der Waals surface area (Å²) < 4.78 is 34.7. The molecule has 8 heteroatoms. The Morgan fingerprint density at radius 3 is 2.64 bits per heavy atom. The van der Waals surface area contributed by atoms with Crippen molar-refractivity contribution in [1.29, 1.82) is 0 Å². The molecule has 1 aromatic heterocycles. The number of nitrogens with one attached hydrogen (secondary N) is 1. The van der Waals surface area contributed by atoms with E-state index in [1.807, 2.05) is 24.3 Å². The molecule has 28 heavy (non-hydrogen) atoms. The highest BCUT2D eigenvalue weighted by Crippen LogP contribution is 2.34. The minimum absolute atomic E-state index is 0.0881. The number of alkyl halides is 2. The molecule has 6 nitrogen and oxygen atoms in total. The van der Waals surface area contributed by atoms with Gasteiger partial charge in [-0.2, -0.15) is 0 Å². The quantitative estimate of drug-likeness (QED) is 0.872. The number of piperidine rings is 1. The van der Waals surface area contributed by atoms with Crippen molar-refractivity contribution in [1.82, 2.24) is 14.9 Å². The lowest BCUT2D eigenvalue weighted by atomic mass is 9.93. The molecule has 1 atom stereocenters. The zero-order valence-corrected chi connectivity index (χ0v) is 15.4. The molecule has 4 rings (SSSR count). The van der Waals surface area contributed by atoms with Gasteiger partial charge in [-0.25, -0.2) is 23.5 Å². The van der Waals surface area contributed by atoms with E-state index in [4.69, 9.17) is 4.74 Å². The first-order valence-corrected chi connectivity index (χ1v) is 9.41.